The van der Waals surface area contributed by atoms with E-state index < -0.39 is 0 Å². The molecule has 0 spiro atoms. The molecule has 2 aliphatic rings. The molecule has 2 saturated heterocycles. The number of rotatable bonds is 5. The Labute approximate surface area is 187 Å². The van der Waals surface area contributed by atoms with Crippen LogP contribution in [0.5, 0.6) is 5.75 Å². The first-order valence-corrected chi connectivity index (χ1v) is 11.0. The molecular formula is C23H30N4O5. The van der Waals surface area contributed by atoms with Crippen molar-refractivity contribution in [1.82, 2.24) is 14.8 Å². The normalized spacial score (nSPS) is 18.1. The second-order valence-electron chi connectivity index (χ2n) is 8.29. The SMILES string of the molecule is COc1cc(N2CCC(=O)N(CC(=O)N3CCC(O)CC3)CC2)ccc1-c1cnc(C)o1. The molecule has 0 saturated carbocycles. The zero-order valence-corrected chi connectivity index (χ0v) is 18.6. The number of hydrogen-bond donors (Lipinski definition) is 1. The Hall–Kier alpha value is -3.07. The summed E-state index contributed by atoms with van der Waals surface area (Å²) in [5.41, 5.74) is 1.77. The number of aliphatic hydroxyl groups is 1. The summed E-state index contributed by atoms with van der Waals surface area (Å²) in [6.45, 7) is 4.66. The highest BCUT2D eigenvalue weighted by Gasteiger charge is 2.27. The molecule has 0 bridgehead atoms. The fraction of sp³-hybridized carbons (Fsp3) is 0.522. The largest absolute Gasteiger partial charge is 0.496 e. The Morgan fingerprint density at radius 2 is 2.00 bits per heavy atom. The van der Waals surface area contributed by atoms with Crippen molar-refractivity contribution in [2.75, 3.05) is 51.3 Å². The highest BCUT2D eigenvalue weighted by molar-refractivity contribution is 5.85. The Kier molecular flexibility index (Phi) is 6.64. The lowest BCUT2D eigenvalue weighted by Gasteiger charge is -2.31. The number of aromatic nitrogens is 1. The molecule has 2 amide bonds. The minimum atomic E-state index is -0.330. The molecule has 0 radical (unpaired) electrons. The number of oxazole rings is 1. The Morgan fingerprint density at radius 1 is 1.22 bits per heavy atom. The van der Waals surface area contributed by atoms with Gasteiger partial charge >= 0.3 is 0 Å². The highest BCUT2D eigenvalue weighted by atomic mass is 16.5. The van der Waals surface area contributed by atoms with E-state index in [1.54, 1.807) is 30.0 Å². The fourth-order valence-electron chi connectivity index (χ4n) is 4.24. The van der Waals surface area contributed by atoms with E-state index in [1.807, 2.05) is 18.2 Å². The number of piperidine rings is 1. The number of methoxy groups -OCH3 is 1. The number of likely N-dealkylation sites (tertiary alicyclic amines) is 1. The van der Waals surface area contributed by atoms with E-state index in [9.17, 15) is 14.7 Å². The Bertz CT molecular complexity index is 967. The zero-order chi connectivity index (χ0) is 22.7. The van der Waals surface area contributed by atoms with E-state index in [2.05, 4.69) is 9.88 Å². The molecule has 1 aromatic carbocycles. The number of hydrogen-bond acceptors (Lipinski definition) is 7. The Balaban J connectivity index is 1.42. The van der Waals surface area contributed by atoms with Crippen LogP contribution in [0.1, 0.15) is 25.2 Å². The van der Waals surface area contributed by atoms with Crippen molar-refractivity contribution in [3.05, 3.63) is 30.3 Å². The van der Waals surface area contributed by atoms with E-state index in [1.165, 1.54) is 0 Å². The summed E-state index contributed by atoms with van der Waals surface area (Å²) >= 11 is 0. The number of benzene rings is 1. The standard InChI is InChI=1S/C23H30N4O5/c1-16-24-14-21(32-16)19-4-3-17(13-20(19)31-2)25-10-7-22(29)27(12-11-25)15-23(30)26-8-5-18(28)6-9-26/h3-4,13-14,18,28H,5-12,15H2,1-2H3. The van der Waals surface area contributed by atoms with Gasteiger partial charge in [-0.25, -0.2) is 4.98 Å². The number of carbonyl (C=O) groups excluding carboxylic acids is 2. The molecule has 9 heteroatoms. The van der Waals surface area contributed by atoms with E-state index in [0.717, 1.165) is 11.3 Å². The maximum absolute atomic E-state index is 12.7. The second-order valence-corrected chi connectivity index (χ2v) is 8.29. The van der Waals surface area contributed by atoms with Crippen LogP contribution in [0.3, 0.4) is 0 Å². The fourth-order valence-corrected chi connectivity index (χ4v) is 4.24. The lowest BCUT2D eigenvalue weighted by atomic mass is 10.1. The number of nitrogens with zero attached hydrogens (tertiary/aromatic N) is 4. The monoisotopic (exact) mass is 442 g/mol. The van der Waals surface area contributed by atoms with Gasteiger partial charge in [-0.1, -0.05) is 0 Å². The predicted molar refractivity (Wildman–Crippen MR) is 118 cm³/mol. The molecule has 1 aromatic heterocycles. The van der Waals surface area contributed by atoms with Crippen LogP contribution in [0.2, 0.25) is 0 Å². The molecule has 2 aromatic rings. The topological polar surface area (TPSA) is 99.4 Å². The van der Waals surface area contributed by atoms with Gasteiger partial charge < -0.3 is 29.0 Å². The van der Waals surface area contributed by atoms with Gasteiger partial charge in [0.05, 0.1) is 31.5 Å². The Morgan fingerprint density at radius 3 is 2.69 bits per heavy atom. The summed E-state index contributed by atoms with van der Waals surface area (Å²) in [5.74, 6) is 1.85. The summed E-state index contributed by atoms with van der Waals surface area (Å²) in [4.78, 5) is 35.0. The third-order valence-electron chi connectivity index (χ3n) is 6.17. The van der Waals surface area contributed by atoms with Gasteiger partial charge in [0.25, 0.3) is 0 Å². The van der Waals surface area contributed by atoms with Crippen LogP contribution < -0.4 is 9.64 Å². The summed E-state index contributed by atoms with van der Waals surface area (Å²) in [5, 5.41) is 9.64. The molecule has 172 valence electrons. The van der Waals surface area contributed by atoms with Gasteiger partial charge in [0, 0.05) is 57.8 Å². The molecule has 2 fully saturated rings. The van der Waals surface area contributed by atoms with Crippen LogP contribution >= 0.6 is 0 Å². The van der Waals surface area contributed by atoms with Crippen LogP contribution in [-0.2, 0) is 9.59 Å². The maximum atomic E-state index is 12.7. The molecular weight excluding hydrogens is 412 g/mol. The number of amides is 2. The quantitative estimate of drug-likeness (QED) is 0.752. The minimum absolute atomic E-state index is 0.0152. The van der Waals surface area contributed by atoms with Crippen molar-refractivity contribution in [2.24, 2.45) is 0 Å². The van der Waals surface area contributed by atoms with Crippen molar-refractivity contribution in [3.8, 4) is 17.1 Å². The average Bonchev–Trinajstić information content (AvgIpc) is 3.15. The molecule has 0 aliphatic carbocycles. The first-order chi connectivity index (χ1) is 15.4. The summed E-state index contributed by atoms with van der Waals surface area (Å²) in [6, 6.07) is 5.87. The summed E-state index contributed by atoms with van der Waals surface area (Å²) in [7, 11) is 1.62. The van der Waals surface area contributed by atoms with Crippen LogP contribution in [0.15, 0.2) is 28.8 Å². The van der Waals surface area contributed by atoms with Gasteiger partial charge in [-0.15, -0.1) is 0 Å². The molecule has 32 heavy (non-hydrogen) atoms. The maximum Gasteiger partial charge on any atom is 0.242 e. The number of anilines is 1. The van der Waals surface area contributed by atoms with E-state index in [0.29, 0.717) is 69.4 Å². The third kappa shape index (κ3) is 4.88. The molecule has 9 nitrogen and oxygen atoms in total. The number of ether oxygens (including phenoxy) is 1. The first kappa shape index (κ1) is 22.1. The van der Waals surface area contributed by atoms with Crippen LogP contribution in [0.25, 0.3) is 11.3 Å². The smallest absolute Gasteiger partial charge is 0.242 e. The lowest BCUT2D eigenvalue weighted by Crippen LogP contribution is -2.47. The number of aliphatic hydroxyl groups excluding tert-OH is 1. The number of carbonyl (C=O) groups is 2. The van der Waals surface area contributed by atoms with Crippen molar-refractivity contribution in [3.63, 3.8) is 0 Å². The number of aryl methyl sites for hydroxylation is 1. The van der Waals surface area contributed by atoms with Gasteiger partial charge in [-0.3, -0.25) is 9.59 Å². The van der Waals surface area contributed by atoms with Crippen molar-refractivity contribution >= 4 is 17.5 Å². The van der Waals surface area contributed by atoms with Gasteiger partial charge in [-0.05, 0) is 25.0 Å². The third-order valence-corrected chi connectivity index (χ3v) is 6.17. The molecule has 0 unspecified atom stereocenters. The zero-order valence-electron chi connectivity index (χ0n) is 18.6. The average molecular weight is 443 g/mol. The predicted octanol–water partition coefficient (Wildman–Crippen LogP) is 1.68. The summed E-state index contributed by atoms with van der Waals surface area (Å²) in [6.07, 6.45) is 2.88. The molecule has 3 heterocycles. The van der Waals surface area contributed by atoms with Gasteiger partial charge in [0.2, 0.25) is 11.8 Å². The van der Waals surface area contributed by atoms with Gasteiger partial charge in [-0.2, -0.15) is 0 Å². The van der Waals surface area contributed by atoms with E-state index in [4.69, 9.17) is 9.15 Å². The van der Waals surface area contributed by atoms with Crippen LogP contribution in [0.4, 0.5) is 5.69 Å². The second kappa shape index (κ2) is 9.60. The van der Waals surface area contributed by atoms with E-state index >= 15 is 0 Å². The van der Waals surface area contributed by atoms with Crippen LogP contribution in [-0.4, -0.2) is 84.2 Å². The van der Waals surface area contributed by atoms with E-state index in [-0.39, 0.29) is 24.5 Å². The van der Waals surface area contributed by atoms with Crippen molar-refractivity contribution in [1.29, 1.82) is 0 Å². The first-order valence-electron chi connectivity index (χ1n) is 11.0. The van der Waals surface area contributed by atoms with Crippen LogP contribution in [0, 0.1) is 6.92 Å². The molecule has 1 N–H and O–H groups in total. The molecule has 0 atom stereocenters. The van der Waals surface area contributed by atoms with Crippen molar-refractivity contribution < 1.29 is 23.8 Å². The summed E-state index contributed by atoms with van der Waals surface area (Å²) < 4.78 is 11.2. The minimum Gasteiger partial charge on any atom is -0.496 e. The van der Waals surface area contributed by atoms with Gasteiger partial charge in [0.15, 0.2) is 11.7 Å². The lowest BCUT2D eigenvalue weighted by molar-refractivity contribution is -0.141. The highest BCUT2D eigenvalue weighted by Crippen LogP contribution is 2.34. The molecule has 4 rings (SSSR count). The van der Waals surface area contributed by atoms with Crippen molar-refractivity contribution in [2.45, 2.75) is 32.3 Å². The molecule has 2 aliphatic heterocycles. The van der Waals surface area contributed by atoms with Gasteiger partial charge in [0.1, 0.15) is 5.75 Å².